The van der Waals surface area contributed by atoms with E-state index in [1.165, 1.54) is 48.7 Å². The minimum Gasteiger partial charge on any atom is -0.496 e. The Bertz CT molecular complexity index is 1000. The van der Waals surface area contributed by atoms with Gasteiger partial charge in [-0.3, -0.25) is 10.2 Å². The van der Waals surface area contributed by atoms with Crippen molar-refractivity contribution >= 4 is 18.1 Å². The van der Waals surface area contributed by atoms with Gasteiger partial charge in [0.05, 0.1) is 7.11 Å². The summed E-state index contributed by atoms with van der Waals surface area (Å²) in [5.41, 5.74) is 4.20. The average Bonchev–Trinajstić information content (AvgIpc) is 3.19. The SMILES string of the molecule is COc1ccc(C(=O)Nn2cnnc2)cc1C=Cc1ccc(OC(F)(F)F)cc1. The topological polar surface area (TPSA) is 78.3 Å². The first-order valence-corrected chi connectivity index (χ1v) is 8.22. The number of benzene rings is 2. The highest BCUT2D eigenvalue weighted by molar-refractivity contribution is 6.00. The molecule has 0 saturated heterocycles. The van der Waals surface area contributed by atoms with Crippen molar-refractivity contribution in [1.29, 1.82) is 0 Å². The number of aromatic nitrogens is 3. The largest absolute Gasteiger partial charge is 0.573 e. The molecule has 1 heterocycles. The van der Waals surface area contributed by atoms with Crippen molar-refractivity contribution in [3.8, 4) is 11.5 Å². The van der Waals surface area contributed by atoms with E-state index in [0.29, 0.717) is 22.4 Å². The molecule has 0 unspecified atom stereocenters. The van der Waals surface area contributed by atoms with Crippen LogP contribution in [0.3, 0.4) is 0 Å². The number of methoxy groups -OCH3 is 1. The first kappa shape index (κ1) is 19.9. The lowest BCUT2D eigenvalue weighted by Gasteiger charge is -2.09. The summed E-state index contributed by atoms with van der Waals surface area (Å²) in [7, 11) is 1.49. The normalized spacial score (nSPS) is 11.4. The van der Waals surface area contributed by atoms with Crippen LogP contribution in [0, 0.1) is 0 Å². The van der Waals surface area contributed by atoms with Crippen molar-refractivity contribution in [2.24, 2.45) is 0 Å². The van der Waals surface area contributed by atoms with Crippen LogP contribution < -0.4 is 14.9 Å². The van der Waals surface area contributed by atoms with E-state index < -0.39 is 6.36 Å². The Hall–Kier alpha value is -3.82. The standard InChI is InChI=1S/C19H15F3N4O3/c1-28-17-9-6-15(18(27)25-26-11-23-24-12-26)10-14(17)5-2-13-3-7-16(8-4-13)29-19(20,21)22/h2-12H,1H3,(H,25,27). The van der Waals surface area contributed by atoms with Gasteiger partial charge in [0, 0.05) is 11.1 Å². The van der Waals surface area contributed by atoms with Gasteiger partial charge in [0.2, 0.25) is 0 Å². The second-order valence-corrected chi connectivity index (χ2v) is 5.72. The second-order valence-electron chi connectivity index (χ2n) is 5.72. The maximum atomic E-state index is 12.3. The van der Waals surface area contributed by atoms with Crippen LogP contribution in [0.2, 0.25) is 0 Å². The average molecular weight is 404 g/mol. The Kier molecular flexibility index (Phi) is 5.82. The smallest absolute Gasteiger partial charge is 0.496 e. The van der Waals surface area contributed by atoms with Crippen molar-refractivity contribution in [2.45, 2.75) is 6.36 Å². The van der Waals surface area contributed by atoms with E-state index in [1.54, 1.807) is 30.4 Å². The lowest BCUT2D eigenvalue weighted by atomic mass is 10.1. The molecule has 0 fully saturated rings. The molecule has 0 saturated carbocycles. The summed E-state index contributed by atoms with van der Waals surface area (Å²) in [4.78, 5) is 12.3. The molecule has 10 heteroatoms. The predicted molar refractivity (Wildman–Crippen MR) is 98.8 cm³/mol. The van der Waals surface area contributed by atoms with E-state index in [1.807, 2.05) is 0 Å². The Balaban J connectivity index is 1.77. The minimum absolute atomic E-state index is 0.306. The molecule has 0 spiro atoms. The Morgan fingerprint density at radius 2 is 1.76 bits per heavy atom. The number of rotatable bonds is 6. The zero-order chi connectivity index (χ0) is 20.9. The molecule has 0 atom stereocenters. The van der Waals surface area contributed by atoms with Gasteiger partial charge in [-0.1, -0.05) is 24.3 Å². The van der Waals surface area contributed by atoms with E-state index >= 15 is 0 Å². The fourth-order valence-electron chi connectivity index (χ4n) is 2.41. The van der Waals surface area contributed by atoms with E-state index in [4.69, 9.17) is 4.74 Å². The van der Waals surface area contributed by atoms with Crippen molar-refractivity contribution in [1.82, 2.24) is 14.9 Å². The van der Waals surface area contributed by atoms with Crippen LogP contribution in [-0.2, 0) is 0 Å². The third-order valence-corrected chi connectivity index (χ3v) is 3.71. The van der Waals surface area contributed by atoms with Crippen LogP contribution in [0.4, 0.5) is 13.2 Å². The highest BCUT2D eigenvalue weighted by Gasteiger charge is 2.30. The van der Waals surface area contributed by atoms with Crippen LogP contribution in [0.15, 0.2) is 55.1 Å². The summed E-state index contributed by atoms with van der Waals surface area (Å²) in [5.74, 6) is -0.158. The Morgan fingerprint density at radius 3 is 2.38 bits per heavy atom. The first-order chi connectivity index (χ1) is 13.8. The van der Waals surface area contributed by atoms with Gasteiger partial charge in [0.15, 0.2) is 0 Å². The molecule has 7 nitrogen and oxygen atoms in total. The summed E-state index contributed by atoms with van der Waals surface area (Å²) < 4.78 is 47.1. The maximum Gasteiger partial charge on any atom is 0.573 e. The van der Waals surface area contributed by atoms with Crippen LogP contribution >= 0.6 is 0 Å². The number of nitrogens with zero attached hydrogens (tertiary/aromatic N) is 3. The second kappa shape index (κ2) is 8.46. The molecule has 3 rings (SSSR count). The van der Waals surface area contributed by atoms with Crippen LogP contribution in [0.1, 0.15) is 21.5 Å². The fourth-order valence-corrected chi connectivity index (χ4v) is 2.41. The third-order valence-electron chi connectivity index (χ3n) is 3.71. The van der Waals surface area contributed by atoms with Gasteiger partial charge >= 0.3 is 6.36 Å². The summed E-state index contributed by atoms with van der Waals surface area (Å²) >= 11 is 0. The van der Waals surface area contributed by atoms with Gasteiger partial charge in [-0.25, -0.2) is 4.68 Å². The number of alkyl halides is 3. The zero-order valence-electron chi connectivity index (χ0n) is 15.1. The molecule has 3 aromatic rings. The van der Waals surface area contributed by atoms with Gasteiger partial charge in [-0.2, -0.15) is 0 Å². The molecule has 0 aliphatic heterocycles. The number of carbonyl (C=O) groups excluding carboxylic acids is 1. The van der Waals surface area contributed by atoms with Crippen molar-refractivity contribution in [3.63, 3.8) is 0 Å². The molecule has 29 heavy (non-hydrogen) atoms. The number of hydrogen-bond donors (Lipinski definition) is 1. The molecular formula is C19H15F3N4O3. The summed E-state index contributed by atoms with van der Waals surface area (Å²) in [6.07, 6.45) is 1.31. The number of carbonyl (C=O) groups is 1. The number of ether oxygens (including phenoxy) is 2. The van der Waals surface area contributed by atoms with E-state index in [2.05, 4.69) is 20.4 Å². The quantitative estimate of drug-likeness (QED) is 0.634. The summed E-state index contributed by atoms with van der Waals surface area (Å²) in [6, 6.07) is 10.2. The molecule has 1 aromatic heterocycles. The molecule has 150 valence electrons. The molecule has 0 radical (unpaired) electrons. The first-order valence-electron chi connectivity index (χ1n) is 8.22. The van der Waals surface area contributed by atoms with E-state index in [-0.39, 0.29) is 11.7 Å². The van der Waals surface area contributed by atoms with Gasteiger partial charge in [-0.05, 0) is 35.9 Å². The zero-order valence-corrected chi connectivity index (χ0v) is 15.1. The lowest BCUT2D eigenvalue weighted by molar-refractivity contribution is -0.274. The molecule has 1 N–H and O–H groups in total. The summed E-state index contributed by atoms with van der Waals surface area (Å²) in [5, 5.41) is 7.20. The Labute approximate surface area is 163 Å². The number of halogens is 3. The highest BCUT2D eigenvalue weighted by atomic mass is 19.4. The fraction of sp³-hybridized carbons (Fsp3) is 0.105. The molecule has 0 aliphatic carbocycles. The van der Waals surface area contributed by atoms with E-state index in [0.717, 1.165) is 0 Å². The summed E-state index contributed by atoms with van der Waals surface area (Å²) in [6.45, 7) is 0. The van der Waals surface area contributed by atoms with E-state index in [9.17, 15) is 18.0 Å². The predicted octanol–water partition coefficient (Wildman–Crippen LogP) is 3.74. The molecular weight excluding hydrogens is 389 g/mol. The highest BCUT2D eigenvalue weighted by Crippen LogP contribution is 2.25. The van der Waals surface area contributed by atoms with Crippen molar-refractivity contribution < 1.29 is 27.4 Å². The Morgan fingerprint density at radius 1 is 1.07 bits per heavy atom. The lowest BCUT2D eigenvalue weighted by Crippen LogP contribution is -2.21. The number of nitrogens with one attached hydrogen (secondary N) is 1. The monoisotopic (exact) mass is 404 g/mol. The van der Waals surface area contributed by atoms with Crippen molar-refractivity contribution in [3.05, 3.63) is 71.8 Å². The third kappa shape index (κ3) is 5.58. The van der Waals surface area contributed by atoms with Crippen LogP contribution in [0.5, 0.6) is 11.5 Å². The van der Waals surface area contributed by atoms with Crippen molar-refractivity contribution in [2.75, 3.05) is 12.5 Å². The molecule has 1 amide bonds. The minimum atomic E-state index is -4.74. The van der Waals surface area contributed by atoms with Crippen LogP contribution in [-0.4, -0.2) is 34.3 Å². The molecule has 2 aromatic carbocycles. The molecule has 0 aliphatic rings. The van der Waals surface area contributed by atoms with Crippen LogP contribution in [0.25, 0.3) is 12.2 Å². The van der Waals surface area contributed by atoms with Gasteiger partial charge in [0.25, 0.3) is 5.91 Å². The number of hydrogen-bond acceptors (Lipinski definition) is 5. The molecule has 0 bridgehead atoms. The maximum absolute atomic E-state index is 12.3. The van der Waals surface area contributed by atoms with Gasteiger partial charge in [0.1, 0.15) is 24.2 Å². The van der Waals surface area contributed by atoms with Gasteiger partial charge < -0.3 is 9.47 Å². The number of amides is 1. The van der Waals surface area contributed by atoms with Gasteiger partial charge in [-0.15, -0.1) is 23.4 Å².